The summed E-state index contributed by atoms with van der Waals surface area (Å²) in [5, 5.41) is 0. The standard InChI is InChI=1S/C14H28O2/c1-3-5-7-9-14(10-8-6-4-2)11-12-16-13-15/h13-14H,3-12H2,1-2H3. The van der Waals surface area contributed by atoms with Crippen LogP contribution in [0.1, 0.15) is 71.6 Å². The molecule has 0 N–H and O–H groups in total. The molecule has 0 heterocycles. The van der Waals surface area contributed by atoms with Crippen molar-refractivity contribution < 1.29 is 9.53 Å². The van der Waals surface area contributed by atoms with E-state index in [-0.39, 0.29) is 0 Å². The van der Waals surface area contributed by atoms with Gasteiger partial charge in [-0.1, -0.05) is 65.2 Å². The molecule has 0 aliphatic carbocycles. The quantitative estimate of drug-likeness (QED) is 0.367. The van der Waals surface area contributed by atoms with Gasteiger partial charge in [0.1, 0.15) is 0 Å². The fourth-order valence-corrected chi connectivity index (χ4v) is 2.08. The van der Waals surface area contributed by atoms with Crippen LogP contribution >= 0.6 is 0 Å². The second kappa shape index (κ2) is 12.5. The Hall–Kier alpha value is -0.530. The molecule has 0 amide bonds. The van der Waals surface area contributed by atoms with Gasteiger partial charge in [-0.3, -0.25) is 4.79 Å². The van der Waals surface area contributed by atoms with Crippen molar-refractivity contribution in [1.82, 2.24) is 0 Å². The summed E-state index contributed by atoms with van der Waals surface area (Å²) < 4.78 is 4.80. The van der Waals surface area contributed by atoms with Crippen molar-refractivity contribution in [3.8, 4) is 0 Å². The minimum Gasteiger partial charge on any atom is -0.468 e. The van der Waals surface area contributed by atoms with Gasteiger partial charge in [0, 0.05) is 0 Å². The molecule has 0 radical (unpaired) electrons. The minimum absolute atomic E-state index is 0.565. The van der Waals surface area contributed by atoms with Crippen molar-refractivity contribution in [2.45, 2.75) is 71.6 Å². The van der Waals surface area contributed by atoms with Gasteiger partial charge in [-0.15, -0.1) is 0 Å². The smallest absolute Gasteiger partial charge is 0.293 e. The van der Waals surface area contributed by atoms with E-state index in [4.69, 9.17) is 4.74 Å². The van der Waals surface area contributed by atoms with Crippen molar-refractivity contribution in [1.29, 1.82) is 0 Å². The van der Waals surface area contributed by atoms with Gasteiger partial charge < -0.3 is 4.74 Å². The van der Waals surface area contributed by atoms with Gasteiger partial charge in [0.2, 0.25) is 0 Å². The number of rotatable bonds is 12. The van der Waals surface area contributed by atoms with E-state index in [0.717, 1.165) is 12.3 Å². The first-order valence-electron chi connectivity index (χ1n) is 6.90. The Morgan fingerprint density at radius 3 is 1.94 bits per heavy atom. The molecule has 96 valence electrons. The van der Waals surface area contributed by atoms with Crippen molar-refractivity contribution in [2.24, 2.45) is 5.92 Å². The zero-order valence-corrected chi connectivity index (χ0v) is 11.0. The van der Waals surface area contributed by atoms with Crippen LogP contribution in [-0.4, -0.2) is 13.1 Å². The molecular weight excluding hydrogens is 200 g/mol. The van der Waals surface area contributed by atoms with Gasteiger partial charge in [-0.25, -0.2) is 0 Å². The summed E-state index contributed by atoms with van der Waals surface area (Å²) in [7, 11) is 0. The number of hydrogen-bond acceptors (Lipinski definition) is 2. The highest BCUT2D eigenvalue weighted by Crippen LogP contribution is 2.20. The zero-order chi connectivity index (χ0) is 12.1. The van der Waals surface area contributed by atoms with E-state index in [1.807, 2.05) is 0 Å². The van der Waals surface area contributed by atoms with Crippen LogP contribution < -0.4 is 0 Å². The van der Waals surface area contributed by atoms with Gasteiger partial charge in [-0.2, -0.15) is 0 Å². The average Bonchev–Trinajstić information content (AvgIpc) is 2.29. The predicted octanol–water partition coefficient (Wildman–Crippen LogP) is 4.33. The summed E-state index contributed by atoms with van der Waals surface area (Å²) in [6, 6.07) is 0. The van der Waals surface area contributed by atoms with E-state index in [1.54, 1.807) is 0 Å². The molecular formula is C14H28O2. The van der Waals surface area contributed by atoms with Gasteiger partial charge >= 0.3 is 0 Å². The van der Waals surface area contributed by atoms with E-state index in [9.17, 15) is 4.79 Å². The van der Waals surface area contributed by atoms with Crippen LogP contribution in [0.5, 0.6) is 0 Å². The third-order valence-corrected chi connectivity index (χ3v) is 3.14. The highest BCUT2D eigenvalue weighted by Gasteiger charge is 2.08. The Bertz CT molecular complexity index is 136. The third-order valence-electron chi connectivity index (χ3n) is 3.14. The van der Waals surface area contributed by atoms with E-state index >= 15 is 0 Å². The van der Waals surface area contributed by atoms with E-state index in [0.29, 0.717) is 13.1 Å². The molecule has 0 rings (SSSR count). The monoisotopic (exact) mass is 228 g/mol. The van der Waals surface area contributed by atoms with Gasteiger partial charge in [0.15, 0.2) is 0 Å². The molecule has 0 aliphatic rings. The number of carbonyl (C=O) groups excluding carboxylic acids is 1. The second-order valence-corrected chi connectivity index (χ2v) is 4.61. The highest BCUT2D eigenvalue weighted by atomic mass is 16.5. The van der Waals surface area contributed by atoms with Crippen LogP contribution in [0.25, 0.3) is 0 Å². The van der Waals surface area contributed by atoms with Crippen LogP contribution in [0.2, 0.25) is 0 Å². The maximum atomic E-state index is 10.1. The maximum Gasteiger partial charge on any atom is 0.293 e. The van der Waals surface area contributed by atoms with E-state index in [1.165, 1.54) is 51.4 Å². The molecule has 0 fully saturated rings. The first kappa shape index (κ1) is 15.5. The van der Waals surface area contributed by atoms with E-state index in [2.05, 4.69) is 13.8 Å². The van der Waals surface area contributed by atoms with Crippen LogP contribution in [0.3, 0.4) is 0 Å². The van der Waals surface area contributed by atoms with Crippen LogP contribution in [0.15, 0.2) is 0 Å². The predicted molar refractivity (Wildman–Crippen MR) is 68.4 cm³/mol. The molecule has 0 spiro atoms. The fraction of sp³-hybridized carbons (Fsp3) is 0.929. The number of unbranched alkanes of at least 4 members (excludes halogenated alkanes) is 4. The number of hydrogen-bond donors (Lipinski definition) is 0. The van der Waals surface area contributed by atoms with Crippen molar-refractivity contribution >= 4 is 6.47 Å². The molecule has 0 aromatic carbocycles. The normalized spacial score (nSPS) is 10.7. The minimum atomic E-state index is 0.565. The second-order valence-electron chi connectivity index (χ2n) is 4.61. The van der Waals surface area contributed by atoms with Crippen molar-refractivity contribution in [3.63, 3.8) is 0 Å². The van der Waals surface area contributed by atoms with Crippen LogP contribution in [0, 0.1) is 5.92 Å². The molecule has 0 unspecified atom stereocenters. The molecule has 0 aromatic rings. The highest BCUT2D eigenvalue weighted by molar-refractivity contribution is 5.36. The summed E-state index contributed by atoms with van der Waals surface area (Å²) in [5.74, 6) is 0.762. The molecule has 0 atom stereocenters. The fourth-order valence-electron chi connectivity index (χ4n) is 2.08. The molecule has 0 aliphatic heterocycles. The molecule has 16 heavy (non-hydrogen) atoms. The molecule has 0 aromatic heterocycles. The topological polar surface area (TPSA) is 26.3 Å². The lowest BCUT2D eigenvalue weighted by Gasteiger charge is -2.15. The summed E-state index contributed by atoms with van der Waals surface area (Å²) in [6.07, 6.45) is 11.5. The Balaban J connectivity index is 3.62. The summed E-state index contributed by atoms with van der Waals surface area (Å²) in [6.45, 7) is 5.64. The van der Waals surface area contributed by atoms with Gasteiger partial charge in [0.05, 0.1) is 6.61 Å². The molecule has 0 saturated heterocycles. The van der Waals surface area contributed by atoms with Crippen LogP contribution in [-0.2, 0) is 9.53 Å². The maximum absolute atomic E-state index is 10.1. The Morgan fingerprint density at radius 1 is 0.938 bits per heavy atom. The molecule has 2 heteroatoms. The zero-order valence-electron chi connectivity index (χ0n) is 11.0. The molecule has 0 bridgehead atoms. The van der Waals surface area contributed by atoms with Gasteiger partial charge in [-0.05, 0) is 12.3 Å². The van der Waals surface area contributed by atoms with Crippen molar-refractivity contribution in [3.05, 3.63) is 0 Å². The average molecular weight is 228 g/mol. The Labute approximate surface area is 101 Å². The third kappa shape index (κ3) is 10.0. The molecule has 2 nitrogen and oxygen atoms in total. The lowest BCUT2D eigenvalue weighted by Crippen LogP contribution is -2.05. The summed E-state index contributed by atoms with van der Waals surface area (Å²) >= 11 is 0. The largest absolute Gasteiger partial charge is 0.468 e. The first-order chi connectivity index (χ1) is 7.85. The lowest BCUT2D eigenvalue weighted by molar-refractivity contribution is -0.129. The number of ether oxygens (including phenoxy) is 1. The Morgan fingerprint density at radius 2 is 1.50 bits per heavy atom. The molecule has 0 saturated carbocycles. The lowest BCUT2D eigenvalue weighted by atomic mass is 9.92. The first-order valence-corrected chi connectivity index (χ1v) is 6.90. The summed E-state index contributed by atoms with van der Waals surface area (Å²) in [5.41, 5.74) is 0. The Kier molecular flexibility index (Phi) is 12.1. The van der Waals surface area contributed by atoms with E-state index < -0.39 is 0 Å². The number of carbonyl (C=O) groups is 1. The van der Waals surface area contributed by atoms with Gasteiger partial charge in [0.25, 0.3) is 6.47 Å². The summed E-state index contributed by atoms with van der Waals surface area (Å²) in [4.78, 5) is 10.1. The SMILES string of the molecule is CCCCCC(CCCCC)CCOC=O. The van der Waals surface area contributed by atoms with Crippen molar-refractivity contribution in [2.75, 3.05) is 6.61 Å². The van der Waals surface area contributed by atoms with Crippen LogP contribution in [0.4, 0.5) is 0 Å².